The summed E-state index contributed by atoms with van der Waals surface area (Å²) in [6.45, 7) is 4.36. The highest BCUT2D eigenvalue weighted by Crippen LogP contribution is 2.17. The molecule has 0 radical (unpaired) electrons. The molecule has 1 aromatic carbocycles. The predicted octanol–water partition coefficient (Wildman–Crippen LogP) is 2.05. The van der Waals surface area contributed by atoms with Gasteiger partial charge in [0.2, 0.25) is 5.91 Å². The summed E-state index contributed by atoms with van der Waals surface area (Å²) in [6.07, 6.45) is 1.89. The molecule has 0 unspecified atom stereocenters. The Bertz CT molecular complexity index is 547. The van der Waals surface area contributed by atoms with Crippen LogP contribution in [0.5, 0.6) is 0 Å². The molecule has 1 atom stereocenters. The van der Waals surface area contributed by atoms with Gasteiger partial charge in [-0.25, -0.2) is 4.39 Å². The first-order valence-corrected chi connectivity index (χ1v) is 7.33. The van der Waals surface area contributed by atoms with Gasteiger partial charge in [-0.05, 0) is 38.4 Å². The summed E-state index contributed by atoms with van der Waals surface area (Å²) in [5.74, 6) is -0.365. The maximum absolute atomic E-state index is 13.9. The second kappa shape index (κ2) is 7.19. The molecular formula is C16H20FN3O. The van der Waals surface area contributed by atoms with E-state index in [2.05, 4.69) is 5.32 Å². The lowest BCUT2D eigenvalue weighted by Gasteiger charge is -2.29. The van der Waals surface area contributed by atoms with Crippen LogP contribution in [0.2, 0.25) is 0 Å². The summed E-state index contributed by atoms with van der Waals surface area (Å²) in [5.41, 5.74) is 0.745. The molecule has 0 bridgehead atoms. The van der Waals surface area contributed by atoms with Crippen LogP contribution in [0.3, 0.4) is 0 Å². The van der Waals surface area contributed by atoms with E-state index < -0.39 is 5.82 Å². The van der Waals surface area contributed by atoms with Crippen molar-refractivity contribution in [2.45, 2.75) is 26.3 Å². The summed E-state index contributed by atoms with van der Waals surface area (Å²) in [7, 11) is 0. The van der Waals surface area contributed by atoms with Gasteiger partial charge in [0.25, 0.3) is 0 Å². The van der Waals surface area contributed by atoms with Crippen molar-refractivity contribution < 1.29 is 9.18 Å². The van der Waals surface area contributed by atoms with Gasteiger partial charge in [-0.15, -0.1) is 0 Å². The number of carbonyl (C=O) groups is 1. The van der Waals surface area contributed by atoms with Gasteiger partial charge in [-0.3, -0.25) is 4.79 Å². The number of piperidine rings is 1. The Morgan fingerprint density at radius 1 is 1.57 bits per heavy atom. The van der Waals surface area contributed by atoms with Crippen molar-refractivity contribution in [3.8, 4) is 6.07 Å². The number of hydrogen-bond donors (Lipinski definition) is 1. The minimum atomic E-state index is -0.429. The highest BCUT2D eigenvalue weighted by Gasteiger charge is 2.25. The second-order valence-corrected chi connectivity index (χ2v) is 5.31. The largest absolute Gasteiger partial charge is 0.338 e. The summed E-state index contributed by atoms with van der Waals surface area (Å²) in [4.78, 5) is 14.2. The van der Waals surface area contributed by atoms with Crippen molar-refractivity contribution in [2.75, 3.05) is 19.6 Å². The Morgan fingerprint density at radius 3 is 2.95 bits per heavy atom. The van der Waals surface area contributed by atoms with Crippen molar-refractivity contribution in [3.63, 3.8) is 0 Å². The zero-order chi connectivity index (χ0) is 15.2. The fourth-order valence-electron chi connectivity index (χ4n) is 2.62. The molecule has 1 amide bonds. The molecular weight excluding hydrogens is 269 g/mol. The lowest BCUT2D eigenvalue weighted by atomic mass is 9.98. The Balaban J connectivity index is 2.08. The SMILES string of the molecule is CCN(Cc1ccc(C#N)cc1F)C(=O)[C@@H]1CCCNC1. The molecule has 0 aliphatic carbocycles. The number of nitriles is 1. The Hall–Kier alpha value is -1.93. The van der Waals surface area contributed by atoms with Crippen LogP contribution in [0.15, 0.2) is 18.2 Å². The molecule has 1 aliphatic rings. The topological polar surface area (TPSA) is 56.1 Å². The molecule has 1 N–H and O–H groups in total. The third-order valence-corrected chi connectivity index (χ3v) is 3.88. The first kappa shape index (κ1) is 15.5. The van der Waals surface area contributed by atoms with E-state index in [1.165, 1.54) is 6.07 Å². The van der Waals surface area contributed by atoms with Crippen molar-refractivity contribution in [1.29, 1.82) is 5.26 Å². The van der Waals surface area contributed by atoms with E-state index in [0.717, 1.165) is 19.4 Å². The number of halogens is 1. The van der Waals surface area contributed by atoms with Gasteiger partial charge in [-0.1, -0.05) is 6.07 Å². The van der Waals surface area contributed by atoms with E-state index >= 15 is 0 Å². The molecule has 0 aromatic heterocycles. The van der Waals surface area contributed by atoms with E-state index in [0.29, 0.717) is 24.2 Å². The summed E-state index contributed by atoms with van der Waals surface area (Å²) < 4.78 is 13.9. The lowest BCUT2D eigenvalue weighted by molar-refractivity contribution is -0.136. The van der Waals surface area contributed by atoms with Gasteiger partial charge in [0.1, 0.15) is 5.82 Å². The molecule has 0 spiro atoms. The summed E-state index contributed by atoms with van der Waals surface area (Å²) >= 11 is 0. The molecule has 1 aliphatic heterocycles. The van der Waals surface area contributed by atoms with Crippen LogP contribution in [0.1, 0.15) is 30.9 Å². The number of rotatable bonds is 4. The second-order valence-electron chi connectivity index (χ2n) is 5.31. The molecule has 1 aromatic rings. The van der Waals surface area contributed by atoms with E-state index in [1.54, 1.807) is 17.0 Å². The van der Waals surface area contributed by atoms with Crippen LogP contribution in [-0.4, -0.2) is 30.4 Å². The molecule has 1 fully saturated rings. The van der Waals surface area contributed by atoms with Gasteiger partial charge >= 0.3 is 0 Å². The van der Waals surface area contributed by atoms with Crippen molar-refractivity contribution in [2.24, 2.45) is 5.92 Å². The first-order valence-electron chi connectivity index (χ1n) is 7.33. The van der Waals surface area contributed by atoms with Crippen molar-refractivity contribution >= 4 is 5.91 Å². The Labute approximate surface area is 124 Å². The molecule has 2 rings (SSSR count). The quantitative estimate of drug-likeness (QED) is 0.923. The molecule has 4 nitrogen and oxygen atoms in total. The fourth-order valence-corrected chi connectivity index (χ4v) is 2.62. The van der Waals surface area contributed by atoms with Crippen LogP contribution >= 0.6 is 0 Å². The van der Waals surface area contributed by atoms with Crippen LogP contribution in [0, 0.1) is 23.1 Å². The third kappa shape index (κ3) is 3.79. The van der Waals surface area contributed by atoms with Gasteiger partial charge in [-0.2, -0.15) is 5.26 Å². The van der Waals surface area contributed by atoms with E-state index in [4.69, 9.17) is 5.26 Å². The van der Waals surface area contributed by atoms with Crippen LogP contribution in [0.4, 0.5) is 4.39 Å². The van der Waals surface area contributed by atoms with Crippen LogP contribution in [0.25, 0.3) is 0 Å². The summed E-state index contributed by atoms with van der Waals surface area (Å²) in [6, 6.07) is 6.29. The maximum atomic E-state index is 13.9. The van der Waals surface area contributed by atoms with Crippen molar-refractivity contribution in [1.82, 2.24) is 10.2 Å². The normalized spacial score (nSPS) is 18.0. The Kier molecular flexibility index (Phi) is 5.29. The van der Waals surface area contributed by atoms with Gasteiger partial charge in [0.15, 0.2) is 0 Å². The zero-order valence-electron chi connectivity index (χ0n) is 12.2. The highest BCUT2D eigenvalue weighted by atomic mass is 19.1. The third-order valence-electron chi connectivity index (χ3n) is 3.88. The molecule has 112 valence electrons. The average molecular weight is 289 g/mol. The molecule has 0 saturated carbocycles. The Morgan fingerprint density at radius 2 is 2.38 bits per heavy atom. The number of nitrogens with one attached hydrogen (secondary N) is 1. The van der Waals surface area contributed by atoms with Crippen LogP contribution < -0.4 is 5.32 Å². The molecule has 5 heteroatoms. The van der Waals surface area contributed by atoms with Gasteiger partial charge in [0.05, 0.1) is 17.6 Å². The monoisotopic (exact) mass is 289 g/mol. The maximum Gasteiger partial charge on any atom is 0.227 e. The highest BCUT2D eigenvalue weighted by molar-refractivity contribution is 5.79. The molecule has 1 saturated heterocycles. The fraction of sp³-hybridized carbons (Fsp3) is 0.500. The number of nitrogens with zero attached hydrogens (tertiary/aromatic N) is 2. The zero-order valence-corrected chi connectivity index (χ0v) is 12.2. The molecule has 21 heavy (non-hydrogen) atoms. The lowest BCUT2D eigenvalue weighted by Crippen LogP contribution is -2.42. The standard InChI is InChI=1S/C16H20FN3O/c1-2-20(16(21)13-4-3-7-19-10-13)11-14-6-5-12(9-18)8-15(14)17/h5-6,8,13,19H,2-4,7,10-11H2,1H3/t13-/m1/s1. The van der Waals surface area contributed by atoms with Crippen LogP contribution in [-0.2, 0) is 11.3 Å². The number of benzene rings is 1. The van der Waals surface area contributed by atoms with Crippen molar-refractivity contribution in [3.05, 3.63) is 35.1 Å². The number of carbonyl (C=O) groups excluding carboxylic acids is 1. The minimum Gasteiger partial charge on any atom is -0.338 e. The first-order chi connectivity index (χ1) is 10.2. The summed E-state index contributed by atoms with van der Waals surface area (Å²) in [5, 5.41) is 12.0. The van der Waals surface area contributed by atoms with Gasteiger partial charge in [0, 0.05) is 25.2 Å². The minimum absolute atomic E-state index is 0.0138. The molecule has 1 heterocycles. The van der Waals surface area contributed by atoms with E-state index in [1.807, 2.05) is 13.0 Å². The smallest absolute Gasteiger partial charge is 0.227 e. The predicted molar refractivity (Wildman–Crippen MR) is 77.8 cm³/mol. The average Bonchev–Trinajstić information content (AvgIpc) is 2.54. The van der Waals surface area contributed by atoms with E-state index in [9.17, 15) is 9.18 Å². The number of amides is 1. The number of hydrogen-bond acceptors (Lipinski definition) is 3. The van der Waals surface area contributed by atoms with E-state index in [-0.39, 0.29) is 18.4 Å². The van der Waals surface area contributed by atoms with Gasteiger partial charge < -0.3 is 10.2 Å².